The van der Waals surface area contributed by atoms with Crippen LogP contribution >= 0.6 is 15.9 Å². The average molecular weight is 374 g/mol. The van der Waals surface area contributed by atoms with Gasteiger partial charge in [0.2, 0.25) is 0 Å². The zero-order valence-corrected chi connectivity index (χ0v) is 14.3. The van der Waals surface area contributed by atoms with Crippen molar-refractivity contribution in [3.63, 3.8) is 0 Å². The van der Waals surface area contributed by atoms with E-state index in [1.165, 1.54) is 6.20 Å². The van der Waals surface area contributed by atoms with Gasteiger partial charge in [0.15, 0.2) is 0 Å². The summed E-state index contributed by atoms with van der Waals surface area (Å²) in [6.07, 6.45) is 1.53. The number of nitrogens with one attached hydrogen (secondary N) is 1. The standard InChI is InChI=1S/C13H16BrN3O3S/c1-7-4-10(14)6-16-13(7)17-21(18,19)12-9(3)20-8(2)11(12)5-15/h4,6H,5,15H2,1-3H3,(H,16,17). The summed E-state index contributed by atoms with van der Waals surface area (Å²) in [6, 6.07) is 1.78. The third kappa shape index (κ3) is 3.12. The fourth-order valence-electron chi connectivity index (χ4n) is 2.12. The van der Waals surface area contributed by atoms with E-state index < -0.39 is 10.0 Å². The quantitative estimate of drug-likeness (QED) is 0.857. The summed E-state index contributed by atoms with van der Waals surface area (Å²) in [7, 11) is -3.80. The predicted molar refractivity (Wildman–Crippen MR) is 83.6 cm³/mol. The van der Waals surface area contributed by atoms with Gasteiger partial charge in [-0.05, 0) is 48.3 Å². The molecule has 0 unspecified atom stereocenters. The molecule has 2 heterocycles. The number of nitrogens with zero attached hydrogens (tertiary/aromatic N) is 1. The molecule has 0 radical (unpaired) electrons. The van der Waals surface area contributed by atoms with Gasteiger partial charge in [0.05, 0.1) is 0 Å². The molecule has 0 aliphatic rings. The summed E-state index contributed by atoms with van der Waals surface area (Å²) >= 11 is 3.29. The Labute approximate surface area is 131 Å². The van der Waals surface area contributed by atoms with Crippen molar-refractivity contribution in [1.82, 2.24) is 4.98 Å². The molecular weight excluding hydrogens is 358 g/mol. The van der Waals surface area contributed by atoms with Crippen LogP contribution in [0.5, 0.6) is 0 Å². The molecule has 0 saturated heterocycles. The van der Waals surface area contributed by atoms with Crippen LogP contribution in [0.15, 0.2) is 26.0 Å². The number of aromatic nitrogens is 1. The SMILES string of the molecule is Cc1cc(Br)cnc1NS(=O)(=O)c1c(C)oc(C)c1CN. The summed E-state index contributed by atoms with van der Waals surface area (Å²) < 4.78 is 33.8. The number of anilines is 1. The molecule has 0 spiro atoms. The van der Waals surface area contributed by atoms with E-state index in [-0.39, 0.29) is 17.3 Å². The molecule has 2 aromatic heterocycles. The smallest absolute Gasteiger partial charge is 0.266 e. The molecule has 0 atom stereocenters. The van der Waals surface area contributed by atoms with Crippen LogP contribution in [-0.2, 0) is 16.6 Å². The lowest BCUT2D eigenvalue weighted by atomic mass is 10.2. The number of sulfonamides is 1. The van der Waals surface area contributed by atoms with Crippen molar-refractivity contribution in [3.05, 3.63) is 39.4 Å². The molecule has 0 aliphatic heterocycles. The minimum absolute atomic E-state index is 0.0894. The maximum Gasteiger partial charge on any atom is 0.266 e. The van der Waals surface area contributed by atoms with Crippen LogP contribution in [0.4, 0.5) is 5.82 Å². The van der Waals surface area contributed by atoms with E-state index in [2.05, 4.69) is 25.6 Å². The predicted octanol–water partition coefficient (Wildman–Crippen LogP) is 2.62. The lowest BCUT2D eigenvalue weighted by molar-refractivity contribution is 0.494. The van der Waals surface area contributed by atoms with Gasteiger partial charge >= 0.3 is 0 Å². The van der Waals surface area contributed by atoms with Gasteiger partial charge in [0, 0.05) is 22.8 Å². The van der Waals surface area contributed by atoms with Crippen LogP contribution in [0.1, 0.15) is 22.6 Å². The molecule has 0 bridgehead atoms. The molecule has 0 amide bonds. The summed E-state index contributed by atoms with van der Waals surface area (Å²) in [5.41, 5.74) is 6.82. The second-order valence-electron chi connectivity index (χ2n) is 4.65. The van der Waals surface area contributed by atoms with E-state index in [0.29, 0.717) is 22.6 Å². The summed E-state index contributed by atoms with van der Waals surface area (Å²) in [5, 5.41) is 0. The molecule has 2 rings (SSSR count). The van der Waals surface area contributed by atoms with Gasteiger partial charge in [0.1, 0.15) is 22.2 Å². The van der Waals surface area contributed by atoms with E-state index in [0.717, 1.165) is 4.47 Å². The third-order valence-electron chi connectivity index (χ3n) is 3.07. The molecular formula is C13H16BrN3O3S. The van der Waals surface area contributed by atoms with Crippen LogP contribution in [-0.4, -0.2) is 13.4 Å². The van der Waals surface area contributed by atoms with Crippen molar-refractivity contribution in [2.24, 2.45) is 5.73 Å². The Morgan fingerprint density at radius 3 is 2.57 bits per heavy atom. The maximum atomic E-state index is 12.6. The van der Waals surface area contributed by atoms with E-state index in [9.17, 15) is 8.42 Å². The number of aryl methyl sites for hydroxylation is 3. The molecule has 0 aliphatic carbocycles. The highest BCUT2D eigenvalue weighted by atomic mass is 79.9. The van der Waals surface area contributed by atoms with Crippen LogP contribution < -0.4 is 10.5 Å². The van der Waals surface area contributed by atoms with Gasteiger partial charge in [0.25, 0.3) is 10.0 Å². The number of halogens is 1. The molecule has 8 heteroatoms. The Morgan fingerprint density at radius 1 is 1.33 bits per heavy atom. The maximum absolute atomic E-state index is 12.6. The molecule has 21 heavy (non-hydrogen) atoms. The number of hydrogen-bond acceptors (Lipinski definition) is 5. The van der Waals surface area contributed by atoms with Gasteiger partial charge in [-0.3, -0.25) is 4.72 Å². The molecule has 114 valence electrons. The van der Waals surface area contributed by atoms with Gasteiger partial charge in [-0.1, -0.05) is 0 Å². The summed E-state index contributed by atoms with van der Waals surface area (Å²) in [5.74, 6) is 1.10. The Morgan fingerprint density at radius 2 is 2.00 bits per heavy atom. The minimum atomic E-state index is -3.80. The van der Waals surface area contributed by atoms with Crippen molar-refractivity contribution < 1.29 is 12.8 Å². The fraction of sp³-hybridized carbons (Fsp3) is 0.308. The largest absolute Gasteiger partial charge is 0.465 e. The van der Waals surface area contributed by atoms with Crippen molar-refractivity contribution in [2.75, 3.05) is 4.72 Å². The van der Waals surface area contributed by atoms with Gasteiger partial charge in [-0.15, -0.1) is 0 Å². The number of furan rings is 1. The number of nitrogens with two attached hydrogens (primary N) is 1. The molecule has 6 nitrogen and oxygen atoms in total. The van der Waals surface area contributed by atoms with Crippen molar-refractivity contribution in [3.8, 4) is 0 Å². The first kappa shape index (κ1) is 16.0. The van der Waals surface area contributed by atoms with Gasteiger partial charge in [-0.2, -0.15) is 0 Å². The van der Waals surface area contributed by atoms with E-state index in [1.807, 2.05) is 0 Å². The van der Waals surface area contributed by atoms with Gasteiger partial charge < -0.3 is 10.2 Å². The second kappa shape index (κ2) is 5.78. The molecule has 0 saturated carbocycles. The fourth-order valence-corrected chi connectivity index (χ4v) is 4.11. The Hall–Kier alpha value is -1.38. The van der Waals surface area contributed by atoms with Crippen LogP contribution in [0.3, 0.4) is 0 Å². The first-order valence-corrected chi connectivity index (χ1v) is 8.47. The minimum Gasteiger partial charge on any atom is -0.465 e. The second-order valence-corrected chi connectivity index (χ2v) is 7.19. The van der Waals surface area contributed by atoms with Crippen LogP contribution in [0, 0.1) is 20.8 Å². The lowest BCUT2D eigenvalue weighted by Crippen LogP contribution is -2.17. The van der Waals surface area contributed by atoms with E-state index >= 15 is 0 Å². The monoisotopic (exact) mass is 373 g/mol. The van der Waals surface area contributed by atoms with E-state index in [1.54, 1.807) is 26.8 Å². The number of rotatable bonds is 4. The topological polar surface area (TPSA) is 98.2 Å². The number of pyridine rings is 1. The normalized spacial score (nSPS) is 11.7. The zero-order valence-electron chi connectivity index (χ0n) is 11.9. The highest BCUT2D eigenvalue weighted by Gasteiger charge is 2.27. The van der Waals surface area contributed by atoms with Crippen LogP contribution in [0.2, 0.25) is 0 Å². The Kier molecular flexibility index (Phi) is 4.40. The Balaban J connectivity index is 2.48. The molecule has 0 aromatic carbocycles. The van der Waals surface area contributed by atoms with Crippen molar-refractivity contribution >= 4 is 31.8 Å². The molecule has 2 aromatic rings. The average Bonchev–Trinajstić information content (AvgIpc) is 2.67. The molecule has 3 N–H and O–H groups in total. The summed E-state index contributed by atoms with van der Waals surface area (Å²) in [4.78, 5) is 4.17. The Bertz CT molecular complexity index is 784. The first-order valence-electron chi connectivity index (χ1n) is 6.20. The number of hydrogen-bond donors (Lipinski definition) is 2. The molecule has 0 fully saturated rings. The summed E-state index contributed by atoms with van der Waals surface area (Å²) in [6.45, 7) is 5.15. The van der Waals surface area contributed by atoms with Gasteiger partial charge in [-0.25, -0.2) is 13.4 Å². The van der Waals surface area contributed by atoms with Crippen LogP contribution in [0.25, 0.3) is 0 Å². The van der Waals surface area contributed by atoms with Crippen molar-refractivity contribution in [1.29, 1.82) is 0 Å². The zero-order chi connectivity index (χ0) is 15.8. The third-order valence-corrected chi connectivity index (χ3v) is 5.04. The highest BCUT2D eigenvalue weighted by molar-refractivity contribution is 9.10. The van der Waals surface area contributed by atoms with E-state index in [4.69, 9.17) is 10.2 Å². The lowest BCUT2D eigenvalue weighted by Gasteiger charge is -2.10. The highest BCUT2D eigenvalue weighted by Crippen LogP contribution is 2.28. The first-order chi connectivity index (χ1) is 9.76. The van der Waals surface area contributed by atoms with Crippen molar-refractivity contribution in [2.45, 2.75) is 32.2 Å².